The smallest absolute Gasteiger partial charge is 0.224 e. The maximum Gasteiger partial charge on any atom is 0.224 e. The molecule has 1 aromatic heterocycles. The third kappa shape index (κ3) is 4.24. The minimum Gasteiger partial charge on any atom is -0.355 e. The van der Waals surface area contributed by atoms with Crippen molar-refractivity contribution in [1.82, 2.24) is 20.4 Å². The standard InChI is InChI=1S/C14H24N4OS/c1-10(2)18-8-4-5-12(9-18)14(19)15-7-6-13-17-16-11(3)20-13/h10,12H,4-9H2,1-3H3,(H,15,19). The molecule has 1 aromatic rings. The summed E-state index contributed by atoms with van der Waals surface area (Å²) in [6, 6.07) is 0.523. The fraction of sp³-hybridized carbons (Fsp3) is 0.786. The number of hydrogen-bond donors (Lipinski definition) is 1. The van der Waals surface area contributed by atoms with E-state index in [9.17, 15) is 4.79 Å². The van der Waals surface area contributed by atoms with Gasteiger partial charge in [-0.05, 0) is 40.2 Å². The predicted octanol–water partition coefficient (Wildman–Crippen LogP) is 1.63. The van der Waals surface area contributed by atoms with E-state index in [0.29, 0.717) is 12.6 Å². The third-order valence-electron chi connectivity index (χ3n) is 3.76. The first kappa shape index (κ1) is 15.4. The first-order valence-electron chi connectivity index (χ1n) is 7.37. The lowest BCUT2D eigenvalue weighted by atomic mass is 9.96. The molecule has 0 saturated carbocycles. The van der Waals surface area contributed by atoms with E-state index in [1.807, 2.05) is 6.92 Å². The highest BCUT2D eigenvalue weighted by atomic mass is 32.1. The second kappa shape index (κ2) is 7.13. The van der Waals surface area contributed by atoms with Crippen molar-refractivity contribution >= 4 is 17.2 Å². The Balaban J connectivity index is 1.74. The maximum atomic E-state index is 12.2. The number of carbonyl (C=O) groups is 1. The predicted molar refractivity (Wildman–Crippen MR) is 80.8 cm³/mol. The van der Waals surface area contributed by atoms with Crippen LogP contribution in [0.15, 0.2) is 0 Å². The van der Waals surface area contributed by atoms with Crippen molar-refractivity contribution in [2.75, 3.05) is 19.6 Å². The van der Waals surface area contributed by atoms with E-state index in [2.05, 4.69) is 34.3 Å². The highest BCUT2D eigenvalue weighted by Gasteiger charge is 2.26. The second-order valence-corrected chi connectivity index (χ2v) is 6.95. The molecule has 1 amide bonds. The van der Waals surface area contributed by atoms with Crippen molar-refractivity contribution in [3.05, 3.63) is 10.0 Å². The van der Waals surface area contributed by atoms with Gasteiger partial charge in [-0.15, -0.1) is 21.5 Å². The second-order valence-electron chi connectivity index (χ2n) is 5.68. The average Bonchev–Trinajstić information content (AvgIpc) is 2.84. The van der Waals surface area contributed by atoms with Crippen LogP contribution >= 0.6 is 11.3 Å². The van der Waals surface area contributed by atoms with Gasteiger partial charge in [0.05, 0.1) is 5.92 Å². The molecule has 0 aromatic carbocycles. The van der Waals surface area contributed by atoms with Gasteiger partial charge in [0.25, 0.3) is 0 Å². The van der Waals surface area contributed by atoms with Crippen molar-refractivity contribution in [3.63, 3.8) is 0 Å². The SMILES string of the molecule is Cc1nnc(CCNC(=O)C2CCCN(C(C)C)C2)s1. The lowest BCUT2D eigenvalue weighted by Gasteiger charge is -2.34. The maximum absolute atomic E-state index is 12.2. The number of rotatable bonds is 5. The van der Waals surface area contributed by atoms with Gasteiger partial charge in [0.1, 0.15) is 10.0 Å². The van der Waals surface area contributed by atoms with Crippen LogP contribution in [0.5, 0.6) is 0 Å². The highest BCUT2D eigenvalue weighted by molar-refractivity contribution is 7.11. The Morgan fingerprint density at radius 3 is 2.95 bits per heavy atom. The van der Waals surface area contributed by atoms with E-state index in [-0.39, 0.29) is 11.8 Å². The molecule has 1 aliphatic heterocycles. The highest BCUT2D eigenvalue weighted by Crippen LogP contribution is 2.18. The van der Waals surface area contributed by atoms with Crippen molar-refractivity contribution in [2.24, 2.45) is 5.92 Å². The summed E-state index contributed by atoms with van der Waals surface area (Å²) in [5.41, 5.74) is 0. The van der Waals surface area contributed by atoms with E-state index in [1.54, 1.807) is 11.3 Å². The molecule has 2 heterocycles. The molecule has 1 fully saturated rings. The van der Waals surface area contributed by atoms with E-state index < -0.39 is 0 Å². The number of piperidine rings is 1. The summed E-state index contributed by atoms with van der Waals surface area (Å²) in [4.78, 5) is 14.6. The summed E-state index contributed by atoms with van der Waals surface area (Å²) < 4.78 is 0. The van der Waals surface area contributed by atoms with Gasteiger partial charge in [-0.3, -0.25) is 4.79 Å². The number of hydrogen-bond acceptors (Lipinski definition) is 5. The Hall–Kier alpha value is -1.01. The fourth-order valence-electron chi connectivity index (χ4n) is 2.56. The van der Waals surface area contributed by atoms with E-state index >= 15 is 0 Å². The van der Waals surface area contributed by atoms with Crippen LogP contribution in [0.2, 0.25) is 0 Å². The largest absolute Gasteiger partial charge is 0.355 e. The van der Waals surface area contributed by atoms with E-state index in [0.717, 1.165) is 42.4 Å². The van der Waals surface area contributed by atoms with Crippen LogP contribution in [-0.2, 0) is 11.2 Å². The molecule has 20 heavy (non-hydrogen) atoms. The van der Waals surface area contributed by atoms with Gasteiger partial charge in [0.2, 0.25) is 5.91 Å². The summed E-state index contributed by atoms with van der Waals surface area (Å²) >= 11 is 1.60. The lowest BCUT2D eigenvalue weighted by Crippen LogP contribution is -2.45. The molecule has 112 valence electrons. The van der Waals surface area contributed by atoms with Crippen LogP contribution < -0.4 is 5.32 Å². The number of likely N-dealkylation sites (tertiary alicyclic amines) is 1. The third-order valence-corrected chi connectivity index (χ3v) is 4.66. The summed E-state index contributed by atoms with van der Waals surface area (Å²) in [5.74, 6) is 0.332. The van der Waals surface area contributed by atoms with E-state index in [1.165, 1.54) is 0 Å². The van der Waals surface area contributed by atoms with Crippen LogP contribution in [0.4, 0.5) is 0 Å². The van der Waals surface area contributed by atoms with Crippen LogP contribution in [0.1, 0.15) is 36.7 Å². The molecule has 6 heteroatoms. The Morgan fingerprint density at radius 1 is 1.50 bits per heavy atom. The van der Waals surface area contributed by atoms with Crippen molar-refractivity contribution in [1.29, 1.82) is 0 Å². The molecule has 0 aliphatic carbocycles. The molecule has 5 nitrogen and oxygen atoms in total. The van der Waals surface area contributed by atoms with Gasteiger partial charge in [0.15, 0.2) is 0 Å². The normalized spacial score (nSPS) is 20.3. The van der Waals surface area contributed by atoms with Gasteiger partial charge in [-0.25, -0.2) is 0 Å². The number of nitrogens with zero attached hydrogens (tertiary/aromatic N) is 3. The van der Waals surface area contributed by atoms with Crippen LogP contribution in [0, 0.1) is 12.8 Å². The topological polar surface area (TPSA) is 58.1 Å². The Labute approximate surface area is 124 Å². The first-order valence-corrected chi connectivity index (χ1v) is 8.18. The van der Waals surface area contributed by atoms with Gasteiger partial charge < -0.3 is 10.2 Å². The van der Waals surface area contributed by atoms with Gasteiger partial charge in [-0.2, -0.15) is 0 Å². The molecule has 0 bridgehead atoms. The fourth-order valence-corrected chi connectivity index (χ4v) is 3.27. The van der Waals surface area contributed by atoms with Crippen LogP contribution in [-0.4, -0.2) is 46.7 Å². The monoisotopic (exact) mass is 296 g/mol. The summed E-state index contributed by atoms with van der Waals surface area (Å²) in [7, 11) is 0. The number of amides is 1. The molecule has 0 radical (unpaired) electrons. The Morgan fingerprint density at radius 2 is 2.30 bits per heavy atom. The molecule has 1 atom stereocenters. The Bertz CT molecular complexity index is 446. The molecular weight excluding hydrogens is 272 g/mol. The molecule has 1 unspecified atom stereocenters. The number of carbonyl (C=O) groups excluding carboxylic acids is 1. The number of aryl methyl sites for hydroxylation is 1. The molecule has 0 spiro atoms. The minimum atomic E-state index is 0.141. The quantitative estimate of drug-likeness (QED) is 0.897. The van der Waals surface area contributed by atoms with Crippen molar-refractivity contribution in [2.45, 2.75) is 46.1 Å². The van der Waals surface area contributed by atoms with Crippen LogP contribution in [0.3, 0.4) is 0 Å². The minimum absolute atomic E-state index is 0.141. The summed E-state index contributed by atoms with van der Waals surface area (Å²) in [5, 5.41) is 13.1. The van der Waals surface area contributed by atoms with Crippen molar-refractivity contribution in [3.8, 4) is 0 Å². The molecule has 1 N–H and O–H groups in total. The Kier molecular flexibility index (Phi) is 5.48. The number of nitrogens with one attached hydrogen (secondary N) is 1. The molecule has 1 aliphatic rings. The summed E-state index contributed by atoms with van der Waals surface area (Å²) in [6.07, 6.45) is 2.90. The summed E-state index contributed by atoms with van der Waals surface area (Å²) in [6.45, 7) is 9.00. The molecular formula is C14H24N4OS. The van der Waals surface area contributed by atoms with Gasteiger partial charge >= 0.3 is 0 Å². The van der Waals surface area contributed by atoms with Gasteiger partial charge in [0, 0.05) is 25.6 Å². The van der Waals surface area contributed by atoms with Gasteiger partial charge in [-0.1, -0.05) is 0 Å². The van der Waals surface area contributed by atoms with Crippen LogP contribution in [0.25, 0.3) is 0 Å². The zero-order valence-corrected chi connectivity index (χ0v) is 13.4. The molecule has 1 saturated heterocycles. The molecule has 2 rings (SSSR count). The number of aromatic nitrogens is 2. The lowest BCUT2D eigenvalue weighted by molar-refractivity contribution is -0.126. The van der Waals surface area contributed by atoms with E-state index in [4.69, 9.17) is 0 Å². The zero-order chi connectivity index (χ0) is 14.5. The first-order chi connectivity index (χ1) is 9.56. The average molecular weight is 296 g/mol. The zero-order valence-electron chi connectivity index (χ0n) is 12.6. The van der Waals surface area contributed by atoms with Crippen molar-refractivity contribution < 1.29 is 4.79 Å².